The molecule has 90 valence electrons. The lowest BCUT2D eigenvalue weighted by molar-refractivity contribution is 0.256. The highest BCUT2D eigenvalue weighted by molar-refractivity contribution is 5.68. The van der Waals surface area contributed by atoms with Crippen LogP contribution in [-0.4, -0.2) is 24.7 Å². The Kier molecular flexibility index (Phi) is 2.63. The SMILES string of the molecule is COc1cc(C2=CC3NCC3CC2)cnc1C. The molecular formula is C14H18N2O. The molecule has 3 nitrogen and oxygen atoms in total. The molecule has 1 saturated heterocycles. The molecule has 3 heteroatoms. The second-order valence-corrected chi connectivity index (χ2v) is 4.94. The number of methoxy groups -OCH3 is 1. The molecule has 1 aliphatic carbocycles. The van der Waals surface area contributed by atoms with Crippen LogP contribution in [0.3, 0.4) is 0 Å². The van der Waals surface area contributed by atoms with E-state index in [2.05, 4.69) is 22.4 Å². The molecule has 2 atom stereocenters. The molecule has 2 unspecified atom stereocenters. The van der Waals surface area contributed by atoms with Crippen LogP contribution in [-0.2, 0) is 0 Å². The first-order valence-electron chi connectivity index (χ1n) is 6.23. The number of fused-ring (bicyclic) bond motifs is 1. The van der Waals surface area contributed by atoms with E-state index in [1.807, 2.05) is 13.1 Å². The molecule has 0 aromatic carbocycles. The van der Waals surface area contributed by atoms with Crippen molar-refractivity contribution in [3.8, 4) is 5.75 Å². The number of aromatic nitrogens is 1. The molecule has 1 fully saturated rings. The Hall–Kier alpha value is -1.35. The third kappa shape index (κ3) is 1.84. The molecule has 0 radical (unpaired) electrons. The number of aryl methyl sites for hydroxylation is 1. The third-order valence-electron chi connectivity index (χ3n) is 3.92. The van der Waals surface area contributed by atoms with Crippen molar-refractivity contribution in [2.45, 2.75) is 25.8 Å². The Morgan fingerprint density at radius 3 is 3.00 bits per heavy atom. The summed E-state index contributed by atoms with van der Waals surface area (Å²) in [5, 5.41) is 3.46. The van der Waals surface area contributed by atoms with E-state index in [-0.39, 0.29) is 0 Å². The molecular weight excluding hydrogens is 212 g/mol. The number of hydrogen-bond donors (Lipinski definition) is 1. The van der Waals surface area contributed by atoms with Gasteiger partial charge < -0.3 is 10.1 Å². The van der Waals surface area contributed by atoms with Crippen LogP contribution in [0, 0.1) is 12.8 Å². The highest BCUT2D eigenvalue weighted by Crippen LogP contribution is 2.34. The van der Waals surface area contributed by atoms with Gasteiger partial charge in [-0.1, -0.05) is 6.08 Å². The molecule has 3 rings (SSSR count). The van der Waals surface area contributed by atoms with Crippen molar-refractivity contribution < 1.29 is 4.74 Å². The first-order valence-corrected chi connectivity index (χ1v) is 6.23. The molecule has 0 spiro atoms. The summed E-state index contributed by atoms with van der Waals surface area (Å²) < 4.78 is 5.33. The number of ether oxygens (including phenoxy) is 1. The van der Waals surface area contributed by atoms with E-state index in [0.717, 1.165) is 23.8 Å². The molecule has 1 aromatic rings. The Morgan fingerprint density at radius 2 is 2.35 bits per heavy atom. The van der Waals surface area contributed by atoms with E-state index in [1.165, 1.54) is 24.1 Å². The third-order valence-corrected chi connectivity index (χ3v) is 3.92. The van der Waals surface area contributed by atoms with Crippen LogP contribution in [0.4, 0.5) is 0 Å². The Balaban J connectivity index is 1.91. The van der Waals surface area contributed by atoms with Crippen molar-refractivity contribution in [3.63, 3.8) is 0 Å². The summed E-state index contributed by atoms with van der Waals surface area (Å²) in [6, 6.07) is 2.69. The van der Waals surface area contributed by atoms with E-state index in [0.29, 0.717) is 6.04 Å². The van der Waals surface area contributed by atoms with Crippen LogP contribution in [0.15, 0.2) is 18.3 Å². The summed E-state index contributed by atoms with van der Waals surface area (Å²) in [7, 11) is 1.70. The maximum absolute atomic E-state index is 5.33. The van der Waals surface area contributed by atoms with Crippen molar-refractivity contribution in [2.75, 3.05) is 13.7 Å². The van der Waals surface area contributed by atoms with Gasteiger partial charge >= 0.3 is 0 Å². The zero-order valence-corrected chi connectivity index (χ0v) is 10.4. The Morgan fingerprint density at radius 1 is 1.47 bits per heavy atom. The normalized spacial score (nSPS) is 26.8. The summed E-state index contributed by atoms with van der Waals surface area (Å²) in [5.74, 6) is 1.74. The van der Waals surface area contributed by atoms with Gasteiger partial charge in [0.1, 0.15) is 5.75 Å². The van der Waals surface area contributed by atoms with Gasteiger partial charge in [0.2, 0.25) is 0 Å². The summed E-state index contributed by atoms with van der Waals surface area (Å²) in [4.78, 5) is 4.40. The fraction of sp³-hybridized carbons (Fsp3) is 0.500. The molecule has 2 heterocycles. The Labute approximate surface area is 102 Å². The molecule has 0 saturated carbocycles. The number of hydrogen-bond acceptors (Lipinski definition) is 3. The number of pyridine rings is 1. The number of nitrogens with zero attached hydrogens (tertiary/aromatic N) is 1. The van der Waals surface area contributed by atoms with Crippen LogP contribution >= 0.6 is 0 Å². The maximum Gasteiger partial charge on any atom is 0.140 e. The topological polar surface area (TPSA) is 34.1 Å². The van der Waals surface area contributed by atoms with E-state index in [4.69, 9.17) is 4.74 Å². The summed E-state index contributed by atoms with van der Waals surface area (Å²) >= 11 is 0. The smallest absolute Gasteiger partial charge is 0.140 e. The zero-order chi connectivity index (χ0) is 11.8. The molecule has 17 heavy (non-hydrogen) atoms. The minimum Gasteiger partial charge on any atom is -0.495 e. The second kappa shape index (κ2) is 4.15. The van der Waals surface area contributed by atoms with Crippen LogP contribution < -0.4 is 10.1 Å². The quantitative estimate of drug-likeness (QED) is 0.845. The molecule has 1 N–H and O–H groups in total. The molecule has 1 aliphatic heterocycles. The maximum atomic E-state index is 5.33. The van der Waals surface area contributed by atoms with Gasteiger partial charge in [-0.2, -0.15) is 0 Å². The standard InChI is InChI=1S/C14H18N2O/c1-9-14(17-2)6-12(8-15-9)10-3-4-11-7-16-13(11)5-10/h5-6,8,11,13,16H,3-4,7H2,1-2H3. The predicted molar refractivity (Wildman–Crippen MR) is 68.0 cm³/mol. The fourth-order valence-corrected chi connectivity index (χ4v) is 2.67. The average Bonchev–Trinajstić information content (AvgIpc) is 2.32. The van der Waals surface area contributed by atoms with Crippen molar-refractivity contribution in [1.82, 2.24) is 10.3 Å². The molecule has 2 aliphatic rings. The van der Waals surface area contributed by atoms with E-state index in [1.54, 1.807) is 7.11 Å². The Bertz CT molecular complexity index is 467. The van der Waals surface area contributed by atoms with Crippen LogP contribution in [0.2, 0.25) is 0 Å². The van der Waals surface area contributed by atoms with Crippen LogP contribution in [0.1, 0.15) is 24.1 Å². The van der Waals surface area contributed by atoms with Gasteiger partial charge in [-0.25, -0.2) is 0 Å². The second-order valence-electron chi connectivity index (χ2n) is 4.94. The predicted octanol–water partition coefficient (Wildman–Crippen LogP) is 2.16. The lowest BCUT2D eigenvalue weighted by Gasteiger charge is -2.40. The van der Waals surface area contributed by atoms with Gasteiger partial charge in [0.15, 0.2) is 0 Å². The van der Waals surface area contributed by atoms with Crippen molar-refractivity contribution >= 4 is 5.57 Å². The zero-order valence-electron chi connectivity index (χ0n) is 10.4. The molecule has 0 bridgehead atoms. The van der Waals surface area contributed by atoms with Gasteiger partial charge in [-0.15, -0.1) is 0 Å². The van der Waals surface area contributed by atoms with Gasteiger partial charge in [-0.05, 0) is 42.9 Å². The van der Waals surface area contributed by atoms with Crippen LogP contribution in [0.25, 0.3) is 5.57 Å². The van der Waals surface area contributed by atoms with Gasteiger partial charge in [0.05, 0.1) is 12.8 Å². The number of rotatable bonds is 2. The molecule has 0 amide bonds. The number of allylic oxidation sites excluding steroid dienone is 1. The van der Waals surface area contributed by atoms with E-state index < -0.39 is 0 Å². The largest absolute Gasteiger partial charge is 0.495 e. The summed E-state index contributed by atoms with van der Waals surface area (Å²) in [5.41, 5.74) is 3.57. The summed E-state index contributed by atoms with van der Waals surface area (Å²) in [6.45, 7) is 3.16. The van der Waals surface area contributed by atoms with E-state index >= 15 is 0 Å². The highest BCUT2D eigenvalue weighted by atomic mass is 16.5. The van der Waals surface area contributed by atoms with Gasteiger partial charge in [-0.3, -0.25) is 4.98 Å². The minimum absolute atomic E-state index is 0.589. The average molecular weight is 230 g/mol. The lowest BCUT2D eigenvalue weighted by Crippen LogP contribution is -2.52. The van der Waals surface area contributed by atoms with Crippen molar-refractivity contribution in [3.05, 3.63) is 29.6 Å². The highest BCUT2D eigenvalue weighted by Gasteiger charge is 2.31. The van der Waals surface area contributed by atoms with Gasteiger partial charge in [0.25, 0.3) is 0 Å². The van der Waals surface area contributed by atoms with E-state index in [9.17, 15) is 0 Å². The van der Waals surface area contributed by atoms with Gasteiger partial charge in [0, 0.05) is 18.8 Å². The van der Waals surface area contributed by atoms with Crippen LogP contribution in [0.5, 0.6) is 5.75 Å². The molecule has 1 aromatic heterocycles. The minimum atomic E-state index is 0.589. The number of nitrogens with one attached hydrogen (secondary N) is 1. The van der Waals surface area contributed by atoms with Crippen molar-refractivity contribution in [2.24, 2.45) is 5.92 Å². The van der Waals surface area contributed by atoms with Crippen molar-refractivity contribution in [1.29, 1.82) is 0 Å². The first kappa shape index (κ1) is 10.8. The lowest BCUT2D eigenvalue weighted by atomic mass is 9.79. The first-order chi connectivity index (χ1) is 8.28. The summed E-state index contributed by atoms with van der Waals surface area (Å²) in [6.07, 6.45) is 6.78. The fourth-order valence-electron chi connectivity index (χ4n) is 2.67. The monoisotopic (exact) mass is 230 g/mol.